The number of carbonyl (C=O) groups excluding carboxylic acids is 2. The van der Waals surface area contributed by atoms with E-state index >= 15 is 0 Å². The van der Waals surface area contributed by atoms with Gasteiger partial charge < -0.3 is 18.9 Å². The smallest absolute Gasteiger partial charge is 0.347 e. The summed E-state index contributed by atoms with van der Waals surface area (Å²) in [7, 11) is 1.47. The Labute approximate surface area is 168 Å². The number of para-hydroxylation sites is 3. The molecule has 0 amide bonds. The minimum Gasteiger partial charge on any atom is -0.496 e. The number of hydrogen-bond donors (Lipinski definition) is 0. The van der Waals surface area contributed by atoms with Gasteiger partial charge in [0.05, 0.1) is 7.11 Å². The molecule has 0 bridgehead atoms. The van der Waals surface area contributed by atoms with Crippen LogP contribution >= 0.6 is 0 Å². The van der Waals surface area contributed by atoms with Crippen molar-refractivity contribution in [2.75, 3.05) is 20.3 Å². The number of benzene rings is 3. The summed E-state index contributed by atoms with van der Waals surface area (Å²) < 4.78 is 21.3. The van der Waals surface area contributed by atoms with Crippen LogP contribution in [0.2, 0.25) is 0 Å². The van der Waals surface area contributed by atoms with E-state index in [4.69, 9.17) is 18.9 Å². The molecule has 0 aliphatic heterocycles. The Balaban J connectivity index is 1.62. The molecule has 0 fully saturated rings. The third-order valence-corrected chi connectivity index (χ3v) is 3.96. The Kier molecular flexibility index (Phi) is 6.84. The summed E-state index contributed by atoms with van der Waals surface area (Å²) in [6, 6.07) is 22.3. The largest absolute Gasteiger partial charge is 0.496 e. The van der Waals surface area contributed by atoms with Crippen molar-refractivity contribution in [3.05, 3.63) is 90.0 Å². The Hall–Kier alpha value is -3.80. The van der Waals surface area contributed by atoms with Gasteiger partial charge in [-0.3, -0.25) is 0 Å². The first kappa shape index (κ1) is 19.9. The molecule has 0 saturated heterocycles. The van der Waals surface area contributed by atoms with E-state index in [1.165, 1.54) is 19.2 Å². The number of methoxy groups -OCH3 is 1. The standard InChI is InChI=1S/C23H20O6/c1-26-20-13-7-5-11-18(20)23(25)29-21-14-8-6-12-19(21)22(24)28-16-15-27-17-9-3-2-4-10-17/h2-14H,15-16H2,1H3. The van der Waals surface area contributed by atoms with E-state index in [0.717, 1.165) is 0 Å². The molecule has 148 valence electrons. The van der Waals surface area contributed by atoms with Gasteiger partial charge in [0, 0.05) is 0 Å². The summed E-state index contributed by atoms with van der Waals surface area (Å²) in [5.41, 5.74) is 0.407. The van der Waals surface area contributed by atoms with Gasteiger partial charge in [-0.2, -0.15) is 0 Å². The molecule has 0 aliphatic rings. The average Bonchev–Trinajstić information content (AvgIpc) is 2.77. The molecule has 3 rings (SSSR count). The topological polar surface area (TPSA) is 71.1 Å². The van der Waals surface area contributed by atoms with E-state index in [1.807, 2.05) is 30.3 Å². The summed E-state index contributed by atoms with van der Waals surface area (Å²) in [6.45, 7) is 0.265. The van der Waals surface area contributed by atoms with Gasteiger partial charge in [0.15, 0.2) is 0 Å². The van der Waals surface area contributed by atoms with Gasteiger partial charge in [0.2, 0.25) is 0 Å². The van der Waals surface area contributed by atoms with Crippen LogP contribution in [-0.4, -0.2) is 32.3 Å². The van der Waals surface area contributed by atoms with Crippen molar-refractivity contribution < 1.29 is 28.5 Å². The highest BCUT2D eigenvalue weighted by atomic mass is 16.6. The van der Waals surface area contributed by atoms with E-state index in [0.29, 0.717) is 11.5 Å². The van der Waals surface area contributed by atoms with E-state index < -0.39 is 11.9 Å². The van der Waals surface area contributed by atoms with Crippen LogP contribution in [0.1, 0.15) is 20.7 Å². The van der Waals surface area contributed by atoms with Crippen LogP contribution in [0.5, 0.6) is 17.2 Å². The maximum absolute atomic E-state index is 12.5. The molecule has 0 unspecified atom stereocenters. The summed E-state index contributed by atoms with van der Waals surface area (Å²) in [5.74, 6) is -0.0529. The zero-order chi connectivity index (χ0) is 20.5. The first-order valence-electron chi connectivity index (χ1n) is 8.98. The molecule has 0 atom stereocenters. The number of esters is 2. The van der Waals surface area contributed by atoms with Gasteiger partial charge in [-0.25, -0.2) is 9.59 Å². The molecule has 0 N–H and O–H groups in total. The quantitative estimate of drug-likeness (QED) is 0.326. The Morgan fingerprint density at radius 3 is 1.97 bits per heavy atom. The lowest BCUT2D eigenvalue weighted by molar-refractivity contribution is 0.0445. The minimum atomic E-state index is -0.630. The fourth-order valence-corrected chi connectivity index (χ4v) is 2.58. The van der Waals surface area contributed by atoms with Gasteiger partial charge in [-0.05, 0) is 36.4 Å². The van der Waals surface area contributed by atoms with E-state index in [1.54, 1.807) is 36.4 Å². The lowest BCUT2D eigenvalue weighted by atomic mass is 10.2. The minimum absolute atomic E-state index is 0.0581. The summed E-state index contributed by atoms with van der Waals surface area (Å²) >= 11 is 0. The summed E-state index contributed by atoms with van der Waals surface area (Å²) in [5, 5.41) is 0. The fourth-order valence-electron chi connectivity index (χ4n) is 2.58. The Bertz CT molecular complexity index is 968. The number of carbonyl (C=O) groups is 2. The molecule has 6 heteroatoms. The first-order chi connectivity index (χ1) is 14.2. The van der Waals surface area contributed by atoms with Gasteiger partial charge in [0.25, 0.3) is 0 Å². The molecule has 0 spiro atoms. The van der Waals surface area contributed by atoms with Gasteiger partial charge in [-0.1, -0.05) is 42.5 Å². The Morgan fingerprint density at radius 2 is 1.28 bits per heavy atom. The number of ether oxygens (including phenoxy) is 4. The van der Waals surface area contributed by atoms with Crippen molar-refractivity contribution in [1.82, 2.24) is 0 Å². The third-order valence-electron chi connectivity index (χ3n) is 3.96. The molecule has 6 nitrogen and oxygen atoms in total. The summed E-state index contributed by atoms with van der Waals surface area (Å²) in [4.78, 5) is 24.9. The fraction of sp³-hybridized carbons (Fsp3) is 0.130. The van der Waals surface area contributed by atoms with Crippen molar-refractivity contribution in [2.45, 2.75) is 0 Å². The first-order valence-corrected chi connectivity index (χ1v) is 8.98. The van der Waals surface area contributed by atoms with Crippen LogP contribution < -0.4 is 14.2 Å². The number of rotatable bonds is 8. The zero-order valence-electron chi connectivity index (χ0n) is 15.9. The molecular formula is C23H20O6. The third kappa shape index (κ3) is 5.35. The highest BCUT2D eigenvalue weighted by Gasteiger charge is 2.19. The maximum atomic E-state index is 12.5. The highest BCUT2D eigenvalue weighted by molar-refractivity contribution is 5.97. The summed E-state index contributed by atoms with van der Waals surface area (Å²) in [6.07, 6.45) is 0. The molecule has 0 saturated carbocycles. The maximum Gasteiger partial charge on any atom is 0.347 e. The van der Waals surface area contributed by atoms with Crippen LogP contribution in [0.4, 0.5) is 0 Å². The SMILES string of the molecule is COc1ccccc1C(=O)Oc1ccccc1C(=O)OCCOc1ccccc1. The van der Waals surface area contributed by atoms with Gasteiger partial charge in [-0.15, -0.1) is 0 Å². The molecule has 29 heavy (non-hydrogen) atoms. The molecule has 0 aliphatic carbocycles. The normalized spacial score (nSPS) is 10.1. The molecule has 0 radical (unpaired) electrons. The van der Waals surface area contributed by atoms with Crippen molar-refractivity contribution in [2.24, 2.45) is 0 Å². The predicted molar refractivity (Wildman–Crippen MR) is 107 cm³/mol. The molecule has 3 aromatic carbocycles. The van der Waals surface area contributed by atoms with Crippen molar-refractivity contribution in [3.63, 3.8) is 0 Å². The van der Waals surface area contributed by atoms with Crippen LogP contribution in [0.15, 0.2) is 78.9 Å². The average molecular weight is 392 g/mol. The highest BCUT2D eigenvalue weighted by Crippen LogP contribution is 2.23. The zero-order valence-corrected chi connectivity index (χ0v) is 15.9. The van der Waals surface area contributed by atoms with Crippen molar-refractivity contribution >= 4 is 11.9 Å². The van der Waals surface area contributed by atoms with Crippen molar-refractivity contribution in [1.29, 1.82) is 0 Å². The molecule has 3 aromatic rings. The van der Waals surface area contributed by atoms with Crippen LogP contribution in [0, 0.1) is 0 Å². The van der Waals surface area contributed by atoms with E-state index in [-0.39, 0.29) is 30.1 Å². The van der Waals surface area contributed by atoms with E-state index in [2.05, 4.69) is 0 Å². The monoisotopic (exact) mass is 392 g/mol. The van der Waals surface area contributed by atoms with Crippen LogP contribution in [-0.2, 0) is 4.74 Å². The second kappa shape index (κ2) is 9.94. The lowest BCUT2D eigenvalue weighted by Crippen LogP contribution is -2.16. The lowest BCUT2D eigenvalue weighted by Gasteiger charge is -2.12. The molecule has 0 heterocycles. The van der Waals surface area contributed by atoms with E-state index in [9.17, 15) is 9.59 Å². The second-order valence-corrected chi connectivity index (χ2v) is 5.88. The van der Waals surface area contributed by atoms with Gasteiger partial charge >= 0.3 is 11.9 Å². The number of hydrogen-bond acceptors (Lipinski definition) is 6. The molecule has 0 aromatic heterocycles. The van der Waals surface area contributed by atoms with Crippen LogP contribution in [0.3, 0.4) is 0 Å². The van der Waals surface area contributed by atoms with Crippen molar-refractivity contribution in [3.8, 4) is 17.2 Å². The molecular weight excluding hydrogens is 372 g/mol. The predicted octanol–water partition coefficient (Wildman–Crippen LogP) is 4.15. The van der Waals surface area contributed by atoms with Crippen LogP contribution in [0.25, 0.3) is 0 Å². The van der Waals surface area contributed by atoms with Gasteiger partial charge in [0.1, 0.15) is 41.6 Å². The second-order valence-electron chi connectivity index (χ2n) is 5.88. The Morgan fingerprint density at radius 1 is 0.690 bits per heavy atom.